The van der Waals surface area contributed by atoms with E-state index in [0.29, 0.717) is 10.4 Å². The molecule has 0 radical (unpaired) electrons. The number of rotatable bonds is 3. The van der Waals surface area contributed by atoms with E-state index in [0.717, 1.165) is 38.2 Å². The van der Waals surface area contributed by atoms with Gasteiger partial charge >= 0.3 is 0 Å². The molecule has 0 bridgehead atoms. The van der Waals surface area contributed by atoms with Crippen LogP contribution in [0.4, 0.5) is 5.95 Å². The summed E-state index contributed by atoms with van der Waals surface area (Å²) in [6, 6.07) is 2.02. The molecule has 2 atom stereocenters. The fourth-order valence-corrected chi connectivity index (χ4v) is 5.60. The van der Waals surface area contributed by atoms with Gasteiger partial charge in [0.2, 0.25) is 5.95 Å². The second-order valence-corrected chi connectivity index (χ2v) is 11.8. The zero-order chi connectivity index (χ0) is 21.0. The third-order valence-corrected chi connectivity index (χ3v) is 8.15. The van der Waals surface area contributed by atoms with Gasteiger partial charge in [-0.25, -0.2) is 4.98 Å². The minimum Gasteiger partial charge on any atom is -0.598 e. The van der Waals surface area contributed by atoms with Crippen LogP contribution in [0.15, 0.2) is 27.7 Å². The van der Waals surface area contributed by atoms with Crippen molar-refractivity contribution in [2.24, 2.45) is 12.5 Å². The van der Waals surface area contributed by atoms with Gasteiger partial charge in [0.1, 0.15) is 15.3 Å². The summed E-state index contributed by atoms with van der Waals surface area (Å²) in [4.78, 5) is 18.9. The minimum absolute atomic E-state index is 0.00564. The molecule has 1 saturated heterocycles. The van der Waals surface area contributed by atoms with Gasteiger partial charge in [-0.15, -0.1) is 4.72 Å². The van der Waals surface area contributed by atoms with Crippen LogP contribution in [0, 0.1) is 5.41 Å². The van der Waals surface area contributed by atoms with Crippen LogP contribution >= 0.6 is 15.9 Å². The van der Waals surface area contributed by atoms with Gasteiger partial charge in [-0.3, -0.25) is 14.0 Å². The summed E-state index contributed by atoms with van der Waals surface area (Å²) in [5.74, 6) is 0.687. The number of halogens is 1. The van der Waals surface area contributed by atoms with Crippen LogP contribution in [0.25, 0.3) is 0 Å². The highest BCUT2D eigenvalue weighted by Gasteiger charge is 2.51. The van der Waals surface area contributed by atoms with Crippen molar-refractivity contribution in [3.63, 3.8) is 0 Å². The molecule has 10 heteroatoms. The van der Waals surface area contributed by atoms with Crippen molar-refractivity contribution in [1.29, 1.82) is 0 Å². The Morgan fingerprint density at radius 1 is 1.34 bits per heavy atom. The zero-order valence-corrected chi connectivity index (χ0v) is 19.6. The number of fused-ring (bicyclic) bond motifs is 1. The van der Waals surface area contributed by atoms with Crippen molar-refractivity contribution >= 4 is 33.2 Å². The monoisotopic (exact) mass is 482 g/mol. The molecule has 1 N–H and O–H groups in total. The molecule has 0 unspecified atom stereocenters. The second kappa shape index (κ2) is 7.40. The van der Waals surface area contributed by atoms with Gasteiger partial charge in [0.25, 0.3) is 5.56 Å². The largest absolute Gasteiger partial charge is 0.598 e. The molecule has 2 aliphatic heterocycles. The third-order valence-electron chi connectivity index (χ3n) is 6.05. The molecule has 2 aliphatic rings. The Labute approximate surface area is 182 Å². The molecule has 4 rings (SSSR count). The van der Waals surface area contributed by atoms with E-state index in [9.17, 15) is 9.35 Å². The molecular weight excluding hydrogens is 456 g/mol. The number of aromatic nitrogens is 4. The van der Waals surface area contributed by atoms with Crippen molar-refractivity contribution < 1.29 is 4.55 Å². The van der Waals surface area contributed by atoms with Gasteiger partial charge in [0, 0.05) is 49.7 Å². The van der Waals surface area contributed by atoms with Crippen molar-refractivity contribution in [1.82, 2.24) is 24.1 Å². The van der Waals surface area contributed by atoms with E-state index in [1.807, 2.05) is 37.7 Å². The van der Waals surface area contributed by atoms with Crippen molar-refractivity contribution in [2.75, 3.05) is 18.0 Å². The summed E-state index contributed by atoms with van der Waals surface area (Å²) in [7, 11) is 1.75. The smallest absolute Gasteiger partial charge is 0.268 e. The highest BCUT2D eigenvalue weighted by molar-refractivity contribution is 9.10. The topological polar surface area (TPSA) is 91.0 Å². The van der Waals surface area contributed by atoms with E-state index in [1.54, 1.807) is 17.8 Å². The van der Waals surface area contributed by atoms with E-state index in [-0.39, 0.29) is 21.8 Å². The van der Waals surface area contributed by atoms with E-state index in [2.05, 4.69) is 35.6 Å². The summed E-state index contributed by atoms with van der Waals surface area (Å²) < 4.78 is 20.1. The number of nitrogens with one attached hydrogen (secondary N) is 1. The van der Waals surface area contributed by atoms with Crippen LogP contribution in [0.2, 0.25) is 0 Å². The molecule has 0 aromatic carbocycles. The first-order valence-corrected chi connectivity index (χ1v) is 11.7. The highest BCUT2D eigenvalue weighted by atomic mass is 79.9. The molecule has 1 spiro atoms. The van der Waals surface area contributed by atoms with E-state index >= 15 is 0 Å². The lowest BCUT2D eigenvalue weighted by atomic mass is 9.73. The summed E-state index contributed by atoms with van der Waals surface area (Å²) in [5, 5.41) is 4.48. The Morgan fingerprint density at radius 2 is 2.03 bits per heavy atom. The first kappa shape index (κ1) is 20.9. The Kier molecular flexibility index (Phi) is 5.33. The zero-order valence-electron chi connectivity index (χ0n) is 17.2. The molecule has 0 amide bonds. The van der Waals surface area contributed by atoms with E-state index in [4.69, 9.17) is 0 Å². The molecular formula is C19H27BrN6O2S. The Balaban J connectivity index is 1.57. The fourth-order valence-electron chi connectivity index (χ4n) is 4.29. The number of hydrogen-bond donors (Lipinski definition) is 1. The van der Waals surface area contributed by atoms with Gasteiger partial charge in [-0.1, -0.05) is 0 Å². The van der Waals surface area contributed by atoms with Crippen LogP contribution in [0.5, 0.6) is 0 Å². The lowest BCUT2D eigenvalue weighted by Crippen LogP contribution is -2.50. The average molecular weight is 483 g/mol. The van der Waals surface area contributed by atoms with Crippen LogP contribution in [-0.2, 0) is 25.0 Å². The van der Waals surface area contributed by atoms with Gasteiger partial charge in [0.15, 0.2) is 0 Å². The van der Waals surface area contributed by atoms with Crippen molar-refractivity contribution in [3.8, 4) is 0 Å². The molecule has 8 nitrogen and oxygen atoms in total. The van der Waals surface area contributed by atoms with Gasteiger partial charge in [0.05, 0.1) is 11.9 Å². The van der Waals surface area contributed by atoms with Crippen LogP contribution in [-0.4, -0.2) is 41.7 Å². The summed E-state index contributed by atoms with van der Waals surface area (Å²) in [5.41, 5.74) is 0.969. The van der Waals surface area contributed by atoms with Crippen LogP contribution < -0.4 is 15.2 Å². The molecule has 0 aliphatic carbocycles. The third kappa shape index (κ3) is 3.64. The number of nitrogens with zero attached hydrogens (tertiary/aromatic N) is 5. The van der Waals surface area contributed by atoms with Gasteiger partial charge < -0.3 is 9.45 Å². The fraction of sp³-hybridized carbons (Fsp3) is 0.632. The normalized spacial score (nSPS) is 22.1. The lowest BCUT2D eigenvalue weighted by molar-refractivity contribution is 0.159. The summed E-state index contributed by atoms with van der Waals surface area (Å²) >= 11 is 2.08. The maximum absolute atomic E-state index is 12.9. The number of anilines is 1. The molecule has 158 valence electrons. The minimum atomic E-state index is -1.17. The quantitative estimate of drug-likeness (QED) is 0.673. The summed E-state index contributed by atoms with van der Waals surface area (Å²) in [6.45, 7) is 8.33. The standard InChI is InChI=1S/C19H27BrN6O2S/c1-18(2,3)29(28)23-15-14-5-8-22-26(14)12-19(15)6-9-25(10-7-19)17-21-11-13(20)16(27)24(17)4/h5,8,11,15,23H,6-7,9-10,12H2,1-4H3/t15-,29-/m1/s1. The molecule has 4 heterocycles. The molecule has 29 heavy (non-hydrogen) atoms. The van der Waals surface area contributed by atoms with Crippen LogP contribution in [0.3, 0.4) is 0 Å². The Morgan fingerprint density at radius 3 is 2.69 bits per heavy atom. The molecule has 1 fully saturated rings. The molecule has 2 aromatic rings. The van der Waals surface area contributed by atoms with E-state index in [1.165, 1.54) is 0 Å². The Hall–Kier alpha value is -1.36. The highest BCUT2D eigenvalue weighted by Crippen LogP contribution is 2.49. The second-order valence-electron chi connectivity index (χ2n) is 8.97. The number of piperidine rings is 1. The first-order valence-electron chi connectivity index (χ1n) is 9.79. The molecule has 2 aromatic heterocycles. The number of hydrogen-bond acceptors (Lipinski definition) is 6. The summed E-state index contributed by atoms with van der Waals surface area (Å²) in [6.07, 6.45) is 5.19. The maximum atomic E-state index is 12.9. The first-order chi connectivity index (χ1) is 13.6. The van der Waals surface area contributed by atoms with Crippen molar-refractivity contribution in [2.45, 2.75) is 50.9 Å². The maximum Gasteiger partial charge on any atom is 0.268 e. The van der Waals surface area contributed by atoms with Gasteiger partial charge in [-0.05, 0) is 55.6 Å². The van der Waals surface area contributed by atoms with E-state index < -0.39 is 11.4 Å². The molecule has 0 saturated carbocycles. The predicted molar refractivity (Wildman–Crippen MR) is 117 cm³/mol. The lowest BCUT2D eigenvalue weighted by Gasteiger charge is -2.43. The van der Waals surface area contributed by atoms with Crippen molar-refractivity contribution in [3.05, 3.63) is 39.0 Å². The Bertz CT molecular complexity index is 960. The average Bonchev–Trinajstić information content (AvgIpc) is 3.21. The SMILES string of the molecule is Cn1c(N2CCC3(CC2)Cn2nccc2[C@H]3N[S@+]([O-])C(C)(C)C)ncc(Br)c1=O. The van der Waals surface area contributed by atoms with Gasteiger partial charge in [-0.2, -0.15) is 5.10 Å². The predicted octanol–water partition coefficient (Wildman–Crippen LogP) is 2.13. The van der Waals surface area contributed by atoms with Crippen LogP contribution in [0.1, 0.15) is 45.3 Å².